The van der Waals surface area contributed by atoms with Crippen LogP contribution >= 0.6 is 11.3 Å². The van der Waals surface area contributed by atoms with Crippen molar-refractivity contribution in [2.75, 3.05) is 5.32 Å². The average Bonchev–Trinajstić information content (AvgIpc) is 2.50. The van der Waals surface area contributed by atoms with Gasteiger partial charge in [0.05, 0.1) is 0 Å². The van der Waals surface area contributed by atoms with Gasteiger partial charge in [-0.25, -0.2) is 0 Å². The summed E-state index contributed by atoms with van der Waals surface area (Å²) in [5, 5.41) is 8.49. The molecule has 0 bridgehead atoms. The van der Waals surface area contributed by atoms with Gasteiger partial charge in [-0.15, -0.1) is 10.2 Å². The van der Waals surface area contributed by atoms with Gasteiger partial charge >= 0.3 is 6.18 Å². The van der Waals surface area contributed by atoms with Crippen LogP contribution in [0.1, 0.15) is 25.8 Å². The lowest BCUT2D eigenvalue weighted by Gasteiger charge is -2.29. The number of hydrogen-bond donors (Lipinski definition) is 2. The molecule has 0 fully saturated rings. The van der Waals surface area contributed by atoms with Crippen LogP contribution in [0.2, 0.25) is 0 Å². The van der Waals surface area contributed by atoms with Crippen molar-refractivity contribution in [2.45, 2.75) is 38.5 Å². The van der Waals surface area contributed by atoms with E-state index in [0.29, 0.717) is 11.3 Å². The molecule has 1 heterocycles. The van der Waals surface area contributed by atoms with Crippen molar-refractivity contribution in [3.05, 3.63) is 5.01 Å². The Bertz CT molecular complexity index is 358. The second kappa shape index (κ2) is 4.17. The first-order valence-corrected chi connectivity index (χ1v) is 5.39. The number of aromatic nitrogens is 2. The molecule has 0 radical (unpaired) electrons. The Kier molecular flexibility index (Phi) is 3.44. The molecule has 0 aromatic carbocycles. The van der Waals surface area contributed by atoms with E-state index in [4.69, 9.17) is 5.73 Å². The van der Waals surface area contributed by atoms with Gasteiger partial charge in [0.25, 0.3) is 0 Å². The van der Waals surface area contributed by atoms with Gasteiger partial charge in [-0.05, 0) is 20.8 Å². The van der Waals surface area contributed by atoms with E-state index in [0.717, 1.165) is 0 Å². The van der Waals surface area contributed by atoms with Gasteiger partial charge in [-0.1, -0.05) is 11.3 Å². The van der Waals surface area contributed by atoms with Crippen LogP contribution in [0, 0.1) is 0 Å². The maximum Gasteiger partial charge on any atom is 0.445 e. The fraction of sp³-hybridized carbons (Fsp3) is 0.750. The first kappa shape index (κ1) is 13.2. The first-order chi connectivity index (χ1) is 7.13. The summed E-state index contributed by atoms with van der Waals surface area (Å²) in [6.07, 6.45) is -4.45. The summed E-state index contributed by atoms with van der Waals surface area (Å²) < 4.78 is 36.7. The third kappa shape index (κ3) is 3.05. The summed E-state index contributed by atoms with van der Waals surface area (Å²) in [5.74, 6) is 0. The van der Waals surface area contributed by atoms with E-state index < -0.39 is 16.7 Å². The molecule has 0 aliphatic carbocycles. The van der Waals surface area contributed by atoms with Crippen molar-refractivity contribution in [1.82, 2.24) is 10.2 Å². The van der Waals surface area contributed by atoms with Crippen molar-refractivity contribution in [3.8, 4) is 0 Å². The van der Waals surface area contributed by atoms with Crippen molar-refractivity contribution in [3.63, 3.8) is 0 Å². The SMILES string of the molecule is CC(N)C(C)(C)Nc1nnc(C(F)(F)F)s1. The van der Waals surface area contributed by atoms with Gasteiger partial charge in [0.2, 0.25) is 10.1 Å². The lowest BCUT2D eigenvalue weighted by Crippen LogP contribution is -2.47. The van der Waals surface area contributed by atoms with E-state index in [-0.39, 0.29) is 11.2 Å². The third-order valence-corrected chi connectivity index (χ3v) is 3.12. The molecule has 0 aliphatic rings. The van der Waals surface area contributed by atoms with Crippen molar-refractivity contribution in [1.29, 1.82) is 0 Å². The normalized spacial score (nSPS) is 14.9. The molecule has 8 heteroatoms. The Hall–Kier alpha value is -0.890. The number of hydrogen-bond acceptors (Lipinski definition) is 5. The largest absolute Gasteiger partial charge is 0.445 e. The summed E-state index contributed by atoms with van der Waals surface area (Å²) >= 11 is 0.470. The smallest absolute Gasteiger partial charge is 0.354 e. The number of halogens is 3. The lowest BCUT2D eigenvalue weighted by molar-refractivity contribution is -0.138. The number of rotatable bonds is 3. The Morgan fingerprint density at radius 2 is 1.88 bits per heavy atom. The molecule has 0 aliphatic heterocycles. The molecule has 1 unspecified atom stereocenters. The molecule has 16 heavy (non-hydrogen) atoms. The van der Waals surface area contributed by atoms with Crippen LogP contribution in [0.3, 0.4) is 0 Å². The first-order valence-electron chi connectivity index (χ1n) is 4.57. The number of alkyl halides is 3. The van der Waals surface area contributed by atoms with Crippen LogP contribution in [0.5, 0.6) is 0 Å². The van der Waals surface area contributed by atoms with Crippen LogP contribution < -0.4 is 11.1 Å². The molecule has 0 saturated heterocycles. The van der Waals surface area contributed by atoms with Crippen LogP contribution in [-0.4, -0.2) is 21.8 Å². The summed E-state index contributed by atoms with van der Waals surface area (Å²) in [6.45, 7) is 5.33. The summed E-state index contributed by atoms with van der Waals surface area (Å²) in [7, 11) is 0. The third-order valence-electron chi connectivity index (χ3n) is 2.23. The second-order valence-corrected chi connectivity index (χ2v) is 5.02. The van der Waals surface area contributed by atoms with E-state index in [1.807, 2.05) is 0 Å². The predicted molar refractivity (Wildman–Crippen MR) is 56.3 cm³/mol. The fourth-order valence-electron chi connectivity index (χ4n) is 0.778. The number of anilines is 1. The van der Waals surface area contributed by atoms with Crippen molar-refractivity contribution >= 4 is 16.5 Å². The lowest BCUT2D eigenvalue weighted by atomic mass is 9.97. The van der Waals surface area contributed by atoms with E-state index in [2.05, 4.69) is 15.5 Å². The molecule has 1 rings (SSSR count). The zero-order chi connectivity index (χ0) is 12.6. The second-order valence-electron chi connectivity index (χ2n) is 4.05. The van der Waals surface area contributed by atoms with Gasteiger partial charge < -0.3 is 11.1 Å². The molecular formula is C8H13F3N4S. The molecule has 1 aromatic rings. The Morgan fingerprint density at radius 1 is 1.31 bits per heavy atom. The van der Waals surface area contributed by atoms with Crippen LogP contribution in [0.25, 0.3) is 0 Å². The number of nitrogens with zero attached hydrogens (tertiary/aromatic N) is 2. The maximum absolute atomic E-state index is 12.2. The van der Waals surface area contributed by atoms with Crippen molar-refractivity contribution in [2.24, 2.45) is 5.73 Å². The zero-order valence-corrected chi connectivity index (χ0v) is 9.91. The van der Waals surface area contributed by atoms with Crippen LogP contribution in [0.4, 0.5) is 18.3 Å². The number of nitrogens with one attached hydrogen (secondary N) is 1. The monoisotopic (exact) mass is 254 g/mol. The molecule has 0 spiro atoms. The van der Waals surface area contributed by atoms with Gasteiger partial charge in [0.1, 0.15) is 0 Å². The van der Waals surface area contributed by atoms with E-state index in [1.54, 1.807) is 20.8 Å². The Labute approximate surface area is 95.1 Å². The highest BCUT2D eigenvalue weighted by molar-refractivity contribution is 7.15. The van der Waals surface area contributed by atoms with E-state index in [9.17, 15) is 13.2 Å². The fourth-order valence-corrected chi connectivity index (χ4v) is 1.55. The maximum atomic E-state index is 12.2. The Balaban J connectivity index is 2.81. The van der Waals surface area contributed by atoms with E-state index in [1.165, 1.54) is 0 Å². The molecule has 1 atom stereocenters. The summed E-state index contributed by atoms with van der Waals surface area (Å²) in [5.41, 5.74) is 5.14. The number of nitrogens with two attached hydrogens (primary N) is 1. The molecular weight excluding hydrogens is 241 g/mol. The molecule has 0 amide bonds. The minimum Gasteiger partial charge on any atom is -0.354 e. The van der Waals surface area contributed by atoms with Gasteiger partial charge in [-0.2, -0.15) is 13.2 Å². The zero-order valence-electron chi connectivity index (χ0n) is 9.09. The minimum absolute atomic E-state index is 0.120. The van der Waals surface area contributed by atoms with Crippen LogP contribution in [-0.2, 0) is 6.18 Å². The van der Waals surface area contributed by atoms with E-state index >= 15 is 0 Å². The molecule has 1 aromatic heterocycles. The Morgan fingerprint density at radius 3 is 2.25 bits per heavy atom. The highest BCUT2D eigenvalue weighted by atomic mass is 32.1. The summed E-state index contributed by atoms with van der Waals surface area (Å²) in [4.78, 5) is 0. The molecule has 3 N–H and O–H groups in total. The molecule has 4 nitrogen and oxygen atoms in total. The van der Waals surface area contributed by atoms with Gasteiger partial charge in [0.15, 0.2) is 0 Å². The molecule has 92 valence electrons. The van der Waals surface area contributed by atoms with Gasteiger partial charge in [-0.3, -0.25) is 0 Å². The predicted octanol–water partition coefficient (Wildman–Crippen LogP) is 2.09. The topological polar surface area (TPSA) is 63.8 Å². The highest BCUT2D eigenvalue weighted by Gasteiger charge is 2.36. The standard InChI is InChI=1S/C8H13F3N4S/c1-4(12)7(2,3)13-6-15-14-5(16-6)8(9,10)11/h4H,12H2,1-3H3,(H,13,15). The van der Waals surface area contributed by atoms with Gasteiger partial charge in [0, 0.05) is 11.6 Å². The summed E-state index contributed by atoms with van der Waals surface area (Å²) in [6, 6.07) is -0.231. The minimum atomic E-state index is -4.45. The average molecular weight is 254 g/mol. The molecule has 0 saturated carbocycles. The van der Waals surface area contributed by atoms with Crippen LogP contribution in [0.15, 0.2) is 0 Å². The highest BCUT2D eigenvalue weighted by Crippen LogP contribution is 2.33. The van der Waals surface area contributed by atoms with Crippen molar-refractivity contribution < 1.29 is 13.2 Å². The quantitative estimate of drug-likeness (QED) is 0.867.